The van der Waals surface area contributed by atoms with Crippen molar-refractivity contribution in [1.82, 2.24) is 19.6 Å². The average Bonchev–Trinajstić information content (AvgIpc) is 3.16. The molecule has 0 aliphatic carbocycles. The summed E-state index contributed by atoms with van der Waals surface area (Å²) in [5, 5.41) is 2.19. The molecule has 2 aliphatic heterocycles. The van der Waals surface area contributed by atoms with Gasteiger partial charge in [-0.3, -0.25) is 19.4 Å². The molecule has 17 heteroatoms. The van der Waals surface area contributed by atoms with Gasteiger partial charge in [-0.25, -0.2) is 0 Å². The van der Waals surface area contributed by atoms with E-state index in [2.05, 4.69) is 60.3 Å². The van der Waals surface area contributed by atoms with E-state index in [9.17, 15) is 35.9 Å². The van der Waals surface area contributed by atoms with Crippen molar-refractivity contribution in [1.29, 1.82) is 0 Å². The lowest BCUT2D eigenvalue weighted by Crippen LogP contribution is -2.44. The highest BCUT2D eigenvalue weighted by molar-refractivity contribution is 14.1. The summed E-state index contributed by atoms with van der Waals surface area (Å²) < 4.78 is 81.9. The summed E-state index contributed by atoms with van der Waals surface area (Å²) in [5.41, 5.74) is 8.11. The molecule has 0 aromatic heterocycles. The molecule has 2 aliphatic rings. The minimum absolute atomic E-state index is 0.139. The summed E-state index contributed by atoms with van der Waals surface area (Å²) in [4.78, 5) is 31.5. The van der Waals surface area contributed by atoms with Crippen LogP contribution in [0, 0.1) is 21.0 Å². The van der Waals surface area contributed by atoms with E-state index in [1.807, 2.05) is 49.9 Å². The van der Waals surface area contributed by atoms with E-state index in [1.54, 1.807) is 24.3 Å². The fourth-order valence-corrected chi connectivity index (χ4v) is 7.35. The Morgan fingerprint density at radius 1 is 0.644 bits per heavy atom. The van der Waals surface area contributed by atoms with E-state index in [0.29, 0.717) is 23.2 Å². The molecule has 59 heavy (non-hydrogen) atoms. The highest BCUT2D eigenvalue weighted by Crippen LogP contribution is 2.36. The first-order chi connectivity index (χ1) is 27.6. The number of benzene rings is 4. The molecule has 320 valence electrons. The Morgan fingerprint density at radius 2 is 1.07 bits per heavy atom. The second kappa shape index (κ2) is 21.7. The molecule has 8 nitrogen and oxygen atoms in total. The number of piperazine rings is 2. The Morgan fingerprint density at radius 3 is 1.51 bits per heavy atom. The molecular formula is C42H47ClF6I2N6O2. The first-order valence-electron chi connectivity index (χ1n) is 18.6. The SMILES string of the molecule is CN1CCN(Cc2ccc(N)cc2C(F)(F)F)CC1.Cc1ccc(C(=O)Cl)cc1I.Cc1ccc(C(=O)Nc2ccc(CN3CCN(C)CC3)c(C(F)(F)F)c2)cc1I. The lowest BCUT2D eigenvalue weighted by molar-refractivity contribution is -0.139. The predicted molar refractivity (Wildman–Crippen MR) is 239 cm³/mol. The van der Waals surface area contributed by atoms with Gasteiger partial charge in [0, 0.05) is 95.1 Å². The third-order valence-corrected chi connectivity index (χ3v) is 12.5. The standard InChI is InChI=1S/C21H23F3IN3O.C13H18F3N3.C8H6ClIO/c1-14-3-4-15(11-19(14)25)20(29)26-17-6-5-16(18(12-17)21(22,23)24)13-28-9-7-27(2)8-10-28;1-18-4-6-19(7-5-18)9-10-2-3-11(17)8-12(10)13(14,15)16;1-5-2-3-6(8(9)11)4-7(5)10/h3-6,11-12H,7-10,13H2,1-2H3,(H,26,29);2-3,8H,4-7,9,17H2,1H3;2-4H,1H3. The predicted octanol–water partition coefficient (Wildman–Crippen LogP) is 9.63. The van der Waals surface area contributed by atoms with Crippen molar-refractivity contribution in [3.05, 3.63) is 124 Å². The average molecular weight is 1070 g/mol. The second-order valence-electron chi connectivity index (χ2n) is 14.6. The molecule has 0 radical (unpaired) electrons. The number of nitrogens with zero attached hydrogens (tertiary/aromatic N) is 4. The van der Waals surface area contributed by atoms with Crippen LogP contribution < -0.4 is 11.1 Å². The molecule has 2 saturated heterocycles. The molecular weight excluding hydrogens is 1020 g/mol. The molecule has 2 heterocycles. The van der Waals surface area contributed by atoms with Crippen LogP contribution in [0.25, 0.3) is 0 Å². The van der Waals surface area contributed by atoms with E-state index in [1.165, 1.54) is 24.3 Å². The molecule has 0 atom stereocenters. The van der Waals surface area contributed by atoms with Gasteiger partial charge in [0.05, 0.1) is 11.1 Å². The molecule has 4 aromatic rings. The maximum atomic E-state index is 13.7. The number of hydrogen-bond donors (Lipinski definition) is 2. The van der Waals surface area contributed by atoms with Crippen LogP contribution in [0.2, 0.25) is 0 Å². The number of halogens is 9. The number of amides is 1. The number of nitrogens with two attached hydrogens (primary N) is 1. The van der Waals surface area contributed by atoms with Crippen LogP contribution >= 0.6 is 56.8 Å². The Kier molecular flexibility index (Phi) is 17.9. The highest BCUT2D eigenvalue weighted by atomic mass is 127. The molecule has 0 bridgehead atoms. The second-order valence-corrected chi connectivity index (χ2v) is 17.3. The zero-order chi connectivity index (χ0) is 43.7. The fraction of sp³-hybridized carbons (Fsp3) is 0.381. The normalized spacial score (nSPS) is 15.7. The first kappa shape index (κ1) is 48.7. The monoisotopic (exact) mass is 1070 g/mol. The van der Waals surface area contributed by atoms with Crippen LogP contribution in [0.4, 0.5) is 37.7 Å². The Hall–Kier alpha value is -3.01. The summed E-state index contributed by atoms with van der Waals surface area (Å²) in [6.07, 6.45) is -8.83. The van der Waals surface area contributed by atoms with Gasteiger partial charge >= 0.3 is 12.4 Å². The lowest BCUT2D eigenvalue weighted by atomic mass is 10.0. The van der Waals surface area contributed by atoms with Crippen LogP contribution in [-0.4, -0.2) is 97.2 Å². The molecule has 2 fully saturated rings. The summed E-state index contributed by atoms with van der Waals surface area (Å²) >= 11 is 9.58. The minimum atomic E-state index is -4.48. The lowest BCUT2D eigenvalue weighted by Gasteiger charge is -2.33. The van der Waals surface area contributed by atoms with Gasteiger partial charge in [0.1, 0.15) is 0 Å². The smallest absolute Gasteiger partial charge is 0.399 e. The molecule has 4 aromatic carbocycles. The van der Waals surface area contributed by atoms with Gasteiger partial charge in [-0.05, 0) is 156 Å². The van der Waals surface area contributed by atoms with Gasteiger partial charge in [-0.2, -0.15) is 26.3 Å². The van der Waals surface area contributed by atoms with Crippen molar-refractivity contribution in [3.8, 4) is 0 Å². The topological polar surface area (TPSA) is 85.1 Å². The van der Waals surface area contributed by atoms with Gasteiger partial charge in [0.15, 0.2) is 0 Å². The van der Waals surface area contributed by atoms with Crippen molar-refractivity contribution < 1.29 is 35.9 Å². The molecule has 0 saturated carbocycles. The number of alkyl halides is 6. The van der Waals surface area contributed by atoms with Crippen molar-refractivity contribution in [2.24, 2.45) is 0 Å². The zero-order valence-electron chi connectivity index (χ0n) is 33.1. The minimum Gasteiger partial charge on any atom is -0.399 e. The number of hydrogen-bond acceptors (Lipinski definition) is 7. The van der Waals surface area contributed by atoms with Gasteiger partial charge in [0.2, 0.25) is 0 Å². The van der Waals surface area contributed by atoms with E-state index in [4.69, 9.17) is 17.3 Å². The Labute approximate surface area is 373 Å². The number of rotatable bonds is 7. The number of likely N-dealkylation sites (N-methyl/N-ethyl adjacent to an activating group) is 2. The van der Waals surface area contributed by atoms with Crippen LogP contribution in [0.3, 0.4) is 0 Å². The molecule has 1 amide bonds. The number of carbonyl (C=O) groups excluding carboxylic acids is 2. The Balaban J connectivity index is 0.000000219. The number of nitrogens with one attached hydrogen (secondary N) is 1. The van der Waals surface area contributed by atoms with Crippen molar-refractivity contribution in [2.45, 2.75) is 39.3 Å². The quantitative estimate of drug-likeness (QED) is 0.0826. The summed E-state index contributed by atoms with van der Waals surface area (Å²) in [7, 11) is 4.02. The third-order valence-electron chi connectivity index (χ3n) is 9.92. The van der Waals surface area contributed by atoms with Crippen molar-refractivity contribution >= 4 is 79.3 Å². The highest BCUT2D eigenvalue weighted by Gasteiger charge is 2.35. The summed E-state index contributed by atoms with van der Waals surface area (Å²) in [6, 6.07) is 18.7. The molecule has 0 unspecified atom stereocenters. The van der Waals surface area contributed by atoms with Crippen LogP contribution in [-0.2, 0) is 25.4 Å². The number of anilines is 2. The fourth-order valence-electron chi connectivity index (χ4n) is 6.20. The zero-order valence-corrected chi connectivity index (χ0v) is 38.2. The number of aryl methyl sites for hydroxylation is 2. The number of nitrogen functional groups attached to an aromatic ring is 1. The van der Waals surface area contributed by atoms with Gasteiger partial charge in [-0.1, -0.05) is 24.3 Å². The maximum Gasteiger partial charge on any atom is 0.416 e. The van der Waals surface area contributed by atoms with Gasteiger partial charge in [-0.15, -0.1) is 0 Å². The third kappa shape index (κ3) is 15.1. The van der Waals surface area contributed by atoms with Crippen LogP contribution in [0.15, 0.2) is 72.8 Å². The summed E-state index contributed by atoms with van der Waals surface area (Å²) in [5.74, 6) is -0.428. The molecule has 3 N–H and O–H groups in total. The van der Waals surface area contributed by atoms with Gasteiger partial charge < -0.3 is 20.9 Å². The van der Waals surface area contributed by atoms with E-state index >= 15 is 0 Å². The van der Waals surface area contributed by atoms with Crippen LogP contribution in [0.1, 0.15) is 54.1 Å². The molecule has 0 spiro atoms. The van der Waals surface area contributed by atoms with Crippen molar-refractivity contribution in [3.63, 3.8) is 0 Å². The van der Waals surface area contributed by atoms with E-state index in [-0.39, 0.29) is 23.5 Å². The van der Waals surface area contributed by atoms with Gasteiger partial charge in [0.25, 0.3) is 11.1 Å². The maximum absolute atomic E-state index is 13.7. The van der Waals surface area contributed by atoms with Crippen LogP contribution in [0.5, 0.6) is 0 Å². The number of carbonyl (C=O) groups is 2. The van der Waals surface area contributed by atoms with E-state index < -0.39 is 34.6 Å². The summed E-state index contributed by atoms with van der Waals surface area (Å²) in [6.45, 7) is 11.0. The molecule has 6 rings (SSSR count). The van der Waals surface area contributed by atoms with Crippen molar-refractivity contribution in [2.75, 3.05) is 77.5 Å². The largest absolute Gasteiger partial charge is 0.416 e. The van der Waals surface area contributed by atoms with E-state index in [0.717, 1.165) is 82.8 Å². The Bertz CT molecular complexity index is 2070. The first-order valence-corrected chi connectivity index (χ1v) is 21.1.